The van der Waals surface area contributed by atoms with E-state index in [0.717, 1.165) is 18.0 Å². The van der Waals surface area contributed by atoms with E-state index in [9.17, 15) is 0 Å². The van der Waals surface area contributed by atoms with Gasteiger partial charge < -0.3 is 5.32 Å². The Morgan fingerprint density at radius 2 is 1.79 bits per heavy atom. The fraction of sp³-hybridized carbons (Fsp3) is 1.00. The van der Waals surface area contributed by atoms with Crippen LogP contribution in [0.5, 0.6) is 0 Å². The lowest BCUT2D eigenvalue weighted by molar-refractivity contribution is 0.278. The molecule has 1 nitrogen and oxygen atoms in total. The molecule has 0 heterocycles. The van der Waals surface area contributed by atoms with E-state index < -0.39 is 0 Å². The van der Waals surface area contributed by atoms with Crippen LogP contribution in [0.4, 0.5) is 0 Å². The third-order valence-corrected chi connectivity index (χ3v) is 3.62. The first-order valence-corrected chi connectivity index (χ1v) is 6.52. The van der Waals surface area contributed by atoms with Gasteiger partial charge in [0.25, 0.3) is 0 Å². The van der Waals surface area contributed by atoms with Gasteiger partial charge in [-0.25, -0.2) is 0 Å². The number of hydrogen-bond donors (Lipinski definition) is 1. The highest BCUT2D eigenvalue weighted by Crippen LogP contribution is 2.24. The lowest BCUT2D eigenvalue weighted by Gasteiger charge is -2.30. The maximum atomic E-state index is 3.83. The molecule has 1 aliphatic carbocycles. The van der Waals surface area contributed by atoms with Gasteiger partial charge in [0.1, 0.15) is 0 Å². The SMILES string of the molecule is CCCC(CC)NC1CCC(C)CC1. The lowest BCUT2D eigenvalue weighted by atomic mass is 9.87. The molecule has 0 saturated heterocycles. The number of rotatable bonds is 5. The quantitative estimate of drug-likeness (QED) is 0.708. The van der Waals surface area contributed by atoms with Crippen molar-refractivity contribution in [3.63, 3.8) is 0 Å². The predicted octanol–water partition coefficient (Wildman–Crippen LogP) is 3.73. The van der Waals surface area contributed by atoms with Crippen LogP contribution >= 0.6 is 0 Å². The van der Waals surface area contributed by atoms with Gasteiger partial charge in [-0.2, -0.15) is 0 Å². The molecule has 1 unspecified atom stereocenters. The van der Waals surface area contributed by atoms with Crippen LogP contribution in [-0.2, 0) is 0 Å². The van der Waals surface area contributed by atoms with Crippen molar-refractivity contribution in [2.75, 3.05) is 0 Å². The summed E-state index contributed by atoms with van der Waals surface area (Å²) in [4.78, 5) is 0. The van der Waals surface area contributed by atoms with Crippen molar-refractivity contribution < 1.29 is 0 Å². The molecule has 0 aromatic carbocycles. The summed E-state index contributed by atoms with van der Waals surface area (Å²) in [6.45, 7) is 6.98. The molecule has 1 N–H and O–H groups in total. The molecule has 84 valence electrons. The summed E-state index contributed by atoms with van der Waals surface area (Å²) in [6, 6.07) is 1.60. The standard InChI is InChI=1S/C13H27N/c1-4-6-12(5-2)14-13-9-7-11(3)8-10-13/h11-14H,4-10H2,1-3H3. The highest BCUT2D eigenvalue weighted by atomic mass is 14.9. The molecule has 1 aliphatic rings. The molecular formula is C13H27N. The molecule has 0 spiro atoms. The second-order valence-corrected chi connectivity index (χ2v) is 5.02. The Morgan fingerprint density at radius 1 is 1.14 bits per heavy atom. The number of hydrogen-bond acceptors (Lipinski definition) is 1. The van der Waals surface area contributed by atoms with E-state index in [1.165, 1.54) is 44.9 Å². The minimum atomic E-state index is 0.776. The van der Waals surface area contributed by atoms with E-state index in [2.05, 4.69) is 26.1 Å². The van der Waals surface area contributed by atoms with Gasteiger partial charge in [0.2, 0.25) is 0 Å². The predicted molar refractivity (Wildman–Crippen MR) is 63.5 cm³/mol. The Morgan fingerprint density at radius 3 is 2.29 bits per heavy atom. The summed E-state index contributed by atoms with van der Waals surface area (Å²) < 4.78 is 0. The molecule has 1 saturated carbocycles. The Kier molecular flexibility index (Phi) is 5.54. The molecule has 0 radical (unpaired) electrons. The van der Waals surface area contributed by atoms with Gasteiger partial charge in [-0.15, -0.1) is 0 Å². The molecule has 0 aromatic heterocycles. The van der Waals surface area contributed by atoms with Gasteiger partial charge in [-0.3, -0.25) is 0 Å². The van der Waals surface area contributed by atoms with E-state index in [1.807, 2.05) is 0 Å². The van der Waals surface area contributed by atoms with Crippen molar-refractivity contribution in [1.29, 1.82) is 0 Å². The minimum Gasteiger partial charge on any atom is -0.311 e. The summed E-state index contributed by atoms with van der Waals surface area (Å²) in [5, 5.41) is 3.83. The summed E-state index contributed by atoms with van der Waals surface area (Å²) in [5.41, 5.74) is 0. The van der Waals surface area contributed by atoms with Gasteiger partial charge >= 0.3 is 0 Å². The third kappa shape index (κ3) is 4.00. The summed E-state index contributed by atoms with van der Waals surface area (Å²) in [6.07, 6.45) is 9.63. The molecule has 0 amide bonds. The van der Waals surface area contributed by atoms with Crippen LogP contribution in [0.3, 0.4) is 0 Å². The zero-order chi connectivity index (χ0) is 10.4. The molecule has 1 fully saturated rings. The largest absolute Gasteiger partial charge is 0.311 e. The first kappa shape index (κ1) is 12.0. The van der Waals surface area contributed by atoms with Crippen molar-refractivity contribution in [2.24, 2.45) is 5.92 Å². The molecule has 1 atom stereocenters. The van der Waals surface area contributed by atoms with Crippen LogP contribution in [0.2, 0.25) is 0 Å². The van der Waals surface area contributed by atoms with Gasteiger partial charge in [0.05, 0.1) is 0 Å². The van der Waals surface area contributed by atoms with E-state index in [0.29, 0.717) is 0 Å². The summed E-state index contributed by atoms with van der Waals surface area (Å²) in [5.74, 6) is 0.972. The molecule has 0 bridgehead atoms. The van der Waals surface area contributed by atoms with E-state index in [-0.39, 0.29) is 0 Å². The number of nitrogens with one attached hydrogen (secondary N) is 1. The van der Waals surface area contributed by atoms with Crippen molar-refractivity contribution in [3.05, 3.63) is 0 Å². The smallest absolute Gasteiger partial charge is 0.00698 e. The van der Waals surface area contributed by atoms with Crippen molar-refractivity contribution in [1.82, 2.24) is 5.32 Å². The maximum Gasteiger partial charge on any atom is 0.00698 e. The molecule has 14 heavy (non-hydrogen) atoms. The van der Waals surface area contributed by atoms with Gasteiger partial charge in [0, 0.05) is 12.1 Å². The molecule has 0 aromatic rings. The Bertz CT molecular complexity index is 136. The van der Waals surface area contributed by atoms with Crippen molar-refractivity contribution >= 4 is 0 Å². The van der Waals surface area contributed by atoms with Gasteiger partial charge in [-0.05, 0) is 44.4 Å². The molecule has 1 rings (SSSR count). The molecule has 0 aliphatic heterocycles. The first-order chi connectivity index (χ1) is 6.76. The average molecular weight is 197 g/mol. The van der Waals surface area contributed by atoms with Crippen LogP contribution < -0.4 is 5.32 Å². The summed E-state index contributed by atoms with van der Waals surface area (Å²) in [7, 11) is 0. The third-order valence-electron chi connectivity index (χ3n) is 3.62. The molecular weight excluding hydrogens is 170 g/mol. The average Bonchev–Trinajstić information content (AvgIpc) is 2.20. The van der Waals surface area contributed by atoms with E-state index in [1.54, 1.807) is 0 Å². The Labute approximate surface area is 89.7 Å². The highest BCUT2D eigenvalue weighted by molar-refractivity contribution is 4.78. The first-order valence-electron chi connectivity index (χ1n) is 6.52. The fourth-order valence-electron chi connectivity index (χ4n) is 2.51. The monoisotopic (exact) mass is 197 g/mol. The fourth-order valence-corrected chi connectivity index (χ4v) is 2.51. The Hall–Kier alpha value is -0.0400. The van der Waals surface area contributed by atoms with Gasteiger partial charge in [-0.1, -0.05) is 27.2 Å². The zero-order valence-electron chi connectivity index (χ0n) is 10.2. The highest BCUT2D eigenvalue weighted by Gasteiger charge is 2.19. The second-order valence-electron chi connectivity index (χ2n) is 5.02. The van der Waals surface area contributed by atoms with Crippen LogP contribution in [0.25, 0.3) is 0 Å². The van der Waals surface area contributed by atoms with Crippen molar-refractivity contribution in [3.8, 4) is 0 Å². The van der Waals surface area contributed by atoms with Gasteiger partial charge in [0.15, 0.2) is 0 Å². The normalized spacial score (nSPS) is 30.2. The lowest BCUT2D eigenvalue weighted by Crippen LogP contribution is -2.39. The zero-order valence-corrected chi connectivity index (χ0v) is 10.2. The molecule has 1 heteroatoms. The van der Waals surface area contributed by atoms with Crippen LogP contribution in [0.15, 0.2) is 0 Å². The topological polar surface area (TPSA) is 12.0 Å². The summed E-state index contributed by atoms with van der Waals surface area (Å²) >= 11 is 0. The second kappa shape index (κ2) is 6.44. The minimum absolute atomic E-state index is 0.776. The Balaban J connectivity index is 2.21. The van der Waals surface area contributed by atoms with Crippen LogP contribution in [0, 0.1) is 5.92 Å². The van der Waals surface area contributed by atoms with Crippen LogP contribution in [0.1, 0.15) is 65.7 Å². The van der Waals surface area contributed by atoms with E-state index in [4.69, 9.17) is 0 Å². The maximum absolute atomic E-state index is 3.83. The van der Waals surface area contributed by atoms with Crippen molar-refractivity contribution in [2.45, 2.75) is 77.8 Å². The van der Waals surface area contributed by atoms with Crippen LogP contribution in [-0.4, -0.2) is 12.1 Å². The van der Waals surface area contributed by atoms with E-state index >= 15 is 0 Å².